The first kappa shape index (κ1) is 15.4. The summed E-state index contributed by atoms with van der Waals surface area (Å²) in [7, 11) is 0. The van der Waals surface area contributed by atoms with Crippen molar-refractivity contribution in [3.05, 3.63) is 35.5 Å². The smallest absolute Gasteiger partial charge is 0.314 e. The Morgan fingerprint density at radius 2 is 2.26 bits per heavy atom. The van der Waals surface area contributed by atoms with Crippen molar-refractivity contribution in [2.45, 2.75) is 32.2 Å². The Labute approximate surface area is 135 Å². The lowest BCUT2D eigenvalue weighted by molar-refractivity contribution is -0.121. The van der Waals surface area contributed by atoms with Gasteiger partial charge in [-0.3, -0.25) is 4.79 Å². The van der Waals surface area contributed by atoms with E-state index in [2.05, 4.69) is 29.4 Å². The first-order chi connectivity index (χ1) is 11.0. The topological polar surface area (TPSA) is 91.2 Å². The number of benzene rings is 1. The third-order valence-corrected chi connectivity index (χ3v) is 4.50. The predicted molar refractivity (Wildman–Crippen MR) is 89.1 cm³/mol. The van der Waals surface area contributed by atoms with Gasteiger partial charge in [0.15, 0.2) is 0 Å². The maximum absolute atomic E-state index is 12.1. The van der Waals surface area contributed by atoms with Crippen LogP contribution < -0.4 is 11.1 Å². The summed E-state index contributed by atoms with van der Waals surface area (Å²) in [4.78, 5) is 28.1. The number of fused-ring (bicyclic) bond motifs is 1. The molecule has 0 saturated carbocycles. The Bertz CT molecular complexity index is 737. The SMILES string of the molecule is Cc1cccc2c(CCC(=O)NC3CCN(C(N)=O)C3)c[nH]c12. The van der Waals surface area contributed by atoms with Crippen molar-refractivity contribution in [3.63, 3.8) is 0 Å². The number of nitrogens with zero attached hydrogens (tertiary/aromatic N) is 1. The van der Waals surface area contributed by atoms with Gasteiger partial charge in [0.1, 0.15) is 0 Å². The van der Waals surface area contributed by atoms with Gasteiger partial charge < -0.3 is 20.9 Å². The van der Waals surface area contributed by atoms with Gasteiger partial charge in [0.2, 0.25) is 5.91 Å². The molecule has 0 aliphatic carbocycles. The lowest BCUT2D eigenvalue weighted by atomic mass is 10.1. The minimum atomic E-state index is -0.420. The molecular formula is C17H22N4O2. The van der Waals surface area contributed by atoms with Crippen molar-refractivity contribution in [2.24, 2.45) is 5.73 Å². The third kappa shape index (κ3) is 3.31. The summed E-state index contributed by atoms with van der Waals surface area (Å²) >= 11 is 0. The third-order valence-electron chi connectivity index (χ3n) is 4.50. The summed E-state index contributed by atoms with van der Waals surface area (Å²) in [5.41, 5.74) is 8.75. The first-order valence-corrected chi connectivity index (χ1v) is 7.94. The van der Waals surface area contributed by atoms with E-state index < -0.39 is 6.03 Å². The monoisotopic (exact) mass is 314 g/mol. The molecule has 1 saturated heterocycles. The number of H-pyrrole nitrogens is 1. The molecular weight excluding hydrogens is 292 g/mol. The maximum Gasteiger partial charge on any atom is 0.314 e. The lowest BCUT2D eigenvalue weighted by Gasteiger charge is -2.14. The molecule has 6 heteroatoms. The first-order valence-electron chi connectivity index (χ1n) is 7.94. The molecule has 1 aromatic carbocycles. The lowest BCUT2D eigenvalue weighted by Crippen LogP contribution is -2.40. The number of hydrogen-bond acceptors (Lipinski definition) is 2. The zero-order chi connectivity index (χ0) is 16.4. The number of urea groups is 1. The average molecular weight is 314 g/mol. The zero-order valence-corrected chi connectivity index (χ0v) is 13.3. The molecule has 1 aromatic heterocycles. The van der Waals surface area contributed by atoms with Gasteiger partial charge in [-0.25, -0.2) is 4.79 Å². The van der Waals surface area contributed by atoms with E-state index in [4.69, 9.17) is 5.73 Å². The minimum Gasteiger partial charge on any atom is -0.361 e. The summed E-state index contributed by atoms with van der Waals surface area (Å²) in [6, 6.07) is 5.77. The molecule has 0 spiro atoms. The second-order valence-electron chi connectivity index (χ2n) is 6.15. The Hall–Kier alpha value is -2.50. The number of primary amides is 1. The number of aryl methyl sites for hydroxylation is 2. The highest BCUT2D eigenvalue weighted by atomic mass is 16.2. The minimum absolute atomic E-state index is 0.0141. The molecule has 1 fully saturated rings. The van der Waals surface area contributed by atoms with Crippen LogP contribution in [0.25, 0.3) is 10.9 Å². The summed E-state index contributed by atoms with van der Waals surface area (Å²) in [5.74, 6) is 0.0170. The normalized spacial score (nSPS) is 17.6. The molecule has 1 aliphatic rings. The molecule has 0 radical (unpaired) electrons. The fraction of sp³-hybridized carbons (Fsp3) is 0.412. The van der Waals surface area contributed by atoms with Crippen molar-refractivity contribution < 1.29 is 9.59 Å². The van der Waals surface area contributed by atoms with Crippen molar-refractivity contribution in [1.82, 2.24) is 15.2 Å². The van der Waals surface area contributed by atoms with Gasteiger partial charge in [-0.05, 0) is 30.9 Å². The summed E-state index contributed by atoms with van der Waals surface area (Å²) in [6.07, 6.45) is 3.88. The summed E-state index contributed by atoms with van der Waals surface area (Å²) in [5, 5.41) is 4.17. The Morgan fingerprint density at radius 3 is 3.00 bits per heavy atom. The number of hydrogen-bond donors (Lipinski definition) is 3. The van der Waals surface area contributed by atoms with Crippen LogP contribution in [0.3, 0.4) is 0 Å². The Balaban J connectivity index is 1.55. The fourth-order valence-electron chi connectivity index (χ4n) is 3.20. The highest BCUT2D eigenvalue weighted by molar-refractivity contribution is 5.86. The zero-order valence-electron chi connectivity index (χ0n) is 13.3. The van der Waals surface area contributed by atoms with Gasteiger partial charge in [-0.15, -0.1) is 0 Å². The average Bonchev–Trinajstić information content (AvgIpc) is 3.13. The number of nitrogens with one attached hydrogen (secondary N) is 2. The molecule has 1 aliphatic heterocycles. The number of amides is 3. The number of para-hydroxylation sites is 1. The second kappa shape index (κ2) is 6.32. The van der Waals surface area contributed by atoms with E-state index in [9.17, 15) is 9.59 Å². The van der Waals surface area contributed by atoms with E-state index in [1.54, 1.807) is 4.90 Å². The van der Waals surface area contributed by atoms with Crippen LogP contribution in [-0.2, 0) is 11.2 Å². The van der Waals surface area contributed by atoms with E-state index >= 15 is 0 Å². The van der Waals surface area contributed by atoms with Gasteiger partial charge in [-0.1, -0.05) is 18.2 Å². The van der Waals surface area contributed by atoms with Crippen LogP contribution in [0, 0.1) is 6.92 Å². The largest absolute Gasteiger partial charge is 0.361 e. The van der Waals surface area contributed by atoms with Crippen molar-refractivity contribution in [3.8, 4) is 0 Å². The van der Waals surface area contributed by atoms with Crippen molar-refractivity contribution in [2.75, 3.05) is 13.1 Å². The van der Waals surface area contributed by atoms with Gasteiger partial charge in [0.25, 0.3) is 0 Å². The van der Waals surface area contributed by atoms with Gasteiger partial charge >= 0.3 is 6.03 Å². The standard InChI is InChI=1S/C17H22N4O2/c1-11-3-2-4-14-12(9-19-16(11)14)5-6-15(22)20-13-7-8-21(10-13)17(18)23/h2-4,9,13,19H,5-8,10H2,1H3,(H2,18,23)(H,20,22). The molecule has 122 valence electrons. The quantitative estimate of drug-likeness (QED) is 0.801. The van der Waals surface area contributed by atoms with E-state index in [0.29, 0.717) is 25.9 Å². The highest BCUT2D eigenvalue weighted by Crippen LogP contribution is 2.22. The maximum atomic E-state index is 12.1. The number of aromatic amines is 1. The number of carbonyl (C=O) groups is 2. The summed E-state index contributed by atoms with van der Waals surface area (Å²) < 4.78 is 0. The van der Waals surface area contributed by atoms with Crippen molar-refractivity contribution >= 4 is 22.8 Å². The van der Waals surface area contributed by atoms with Crippen LogP contribution in [0.5, 0.6) is 0 Å². The molecule has 6 nitrogen and oxygen atoms in total. The Kier molecular flexibility index (Phi) is 4.23. The molecule has 1 atom stereocenters. The second-order valence-corrected chi connectivity index (χ2v) is 6.15. The van der Waals surface area contributed by atoms with Crippen LogP contribution in [0.2, 0.25) is 0 Å². The van der Waals surface area contributed by atoms with E-state index in [0.717, 1.165) is 17.5 Å². The van der Waals surface area contributed by atoms with Crippen LogP contribution in [0.15, 0.2) is 24.4 Å². The van der Waals surface area contributed by atoms with Gasteiger partial charge in [0.05, 0.1) is 0 Å². The number of nitrogens with two attached hydrogens (primary N) is 1. The molecule has 1 unspecified atom stereocenters. The number of carbonyl (C=O) groups excluding carboxylic acids is 2. The van der Waals surface area contributed by atoms with Crippen LogP contribution in [0.4, 0.5) is 4.79 Å². The molecule has 0 bridgehead atoms. The van der Waals surface area contributed by atoms with E-state index in [-0.39, 0.29) is 11.9 Å². The van der Waals surface area contributed by atoms with E-state index in [1.165, 1.54) is 10.9 Å². The van der Waals surface area contributed by atoms with Crippen LogP contribution >= 0.6 is 0 Å². The van der Waals surface area contributed by atoms with E-state index in [1.807, 2.05) is 12.3 Å². The molecule has 2 aromatic rings. The van der Waals surface area contributed by atoms with Crippen LogP contribution in [0.1, 0.15) is 24.0 Å². The number of rotatable bonds is 4. The summed E-state index contributed by atoms with van der Waals surface area (Å²) in [6.45, 7) is 3.19. The molecule has 2 heterocycles. The number of aromatic nitrogens is 1. The molecule has 23 heavy (non-hydrogen) atoms. The van der Waals surface area contributed by atoms with Gasteiger partial charge in [-0.2, -0.15) is 0 Å². The number of likely N-dealkylation sites (tertiary alicyclic amines) is 1. The predicted octanol–water partition coefficient (Wildman–Crippen LogP) is 1.68. The molecule has 4 N–H and O–H groups in total. The fourth-order valence-corrected chi connectivity index (χ4v) is 3.20. The van der Waals surface area contributed by atoms with Crippen molar-refractivity contribution in [1.29, 1.82) is 0 Å². The Morgan fingerprint density at radius 1 is 1.43 bits per heavy atom. The van der Waals surface area contributed by atoms with Crippen LogP contribution in [-0.4, -0.2) is 41.0 Å². The van der Waals surface area contributed by atoms with Gasteiger partial charge in [0, 0.05) is 42.7 Å². The molecule has 3 rings (SSSR count). The highest BCUT2D eigenvalue weighted by Gasteiger charge is 2.25. The molecule has 3 amide bonds.